The Balaban J connectivity index is 1.74. The van der Waals surface area contributed by atoms with Crippen LogP contribution in [0.5, 0.6) is 0 Å². The fourth-order valence-corrected chi connectivity index (χ4v) is 5.82. The lowest BCUT2D eigenvalue weighted by Crippen LogP contribution is -2.19. The number of aromatic nitrogens is 2. The number of furan rings is 1. The number of pyridine rings is 1. The minimum atomic E-state index is -0.0441. The molecule has 0 aliphatic carbocycles. The number of rotatable bonds is 2. The highest BCUT2D eigenvalue weighted by atomic mass is 16.3. The lowest BCUT2D eigenvalue weighted by atomic mass is 10.0. The Morgan fingerprint density at radius 3 is 1.81 bits per heavy atom. The van der Waals surface area contributed by atoms with E-state index in [1.165, 1.54) is 0 Å². The number of nitrogens with zero attached hydrogens (tertiary/aromatic N) is 2. The normalized spacial score (nSPS) is 11.9. The van der Waals surface area contributed by atoms with Gasteiger partial charge in [0.05, 0.1) is 27.3 Å². The summed E-state index contributed by atoms with van der Waals surface area (Å²) in [6, 6.07) is 40.5. The molecule has 0 spiro atoms. The predicted octanol–water partition coefficient (Wildman–Crippen LogP) is 7.99. The molecule has 5 aromatic carbocycles. The van der Waals surface area contributed by atoms with E-state index in [0.29, 0.717) is 5.39 Å². The number of fused-ring (bicyclic) bond motifs is 9. The van der Waals surface area contributed by atoms with E-state index in [1.54, 1.807) is 0 Å². The molecule has 4 heteroatoms. The third-order valence-corrected chi connectivity index (χ3v) is 7.32. The summed E-state index contributed by atoms with van der Waals surface area (Å²) in [5.41, 5.74) is 6.14. The van der Waals surface area contributed by atoms with Gasteiger partial charge < -0.3 is 8.98 Å². The summed E-state index contributed by atoms with van der Waals surface area (Å²) in [7, 11) is 0. The van der Waals surface area contributed by atoms with Gasteiger partial charge in [0.2, 0.25) is 0 Å². The summed E-state index contributed by atoms with van der Waals surface area (Å²) in [6.07, 6.45) is 0. The second-order valence-corrected chi connectivity index (χ2v) is 9.32. The minimum Gasteiger partial charge on any atom is -0.456 e. The third kappa shape index (κ3) is 2.69. The molecule has 0 bridgehead atoms. The van der Waals surface area contributed by atoms with E-state index < -0.39 is 0 Å². The van der Waals surface area contributed by atoms with Crippen molar-refractivity contribution in [1.29, 1.82) is 0 Å². The summed E-state index contributed by atoms with van der Waals surface area (Å²) in [4.78, 5) is 14.6. The van der Waals surface area contributed by atoms with Crippen molar-refractivity contribution in [1.82, 2.24) is 9.13 Å². The number of benzene rings is 5. The first kappa shape index (κ1) is 20.1. The van der Waals surface area contributed by atoms with Gasteiger partial charge in [-0.25, -0.2) is 0 Å². The first-order valence-electron chi connectivity index (χ1n) is 12.3. The molecular weight excluding hydrogens is 456 g/mol. The molecule has 0 N–H and O–H groups in total. The molecule has 4 nitrogen and oxygen atoms in total. The molecule has 0 saturated carbocycles. The van der Waals surface area contributed by atoms with Gasteiger partial charge in [-0.05, 0) is 48.5 Å². The van der Waals surface area contributed by atoms with Gasteiger partial charge in [-0.3, -0.25) is 9.36 Å². The van der Waals surface area contributed by atoms with Crippen molar-refractivity contribution in [3.8, 4) is 11.4 Å². The smallest absolute Gasteiger partial charge is 0.265 e. The molecule has 3 aromatic heterocycles. The Morgan fingerprint density at radius 1 is 0.459 bits per heavy atom. The maximum Gasteiger partial charge on any atom is 0.265 e. The van der Waals surface area contributed by atoms with Crippen LogP contribution in [0.2, 0.25) is 0 Å². The van der Waals surface area contributed by atoms with Gasteiger partial charge in [-0.1, -0.05) is 72.8 Å². The monoisotopic (exact) mass is 476 g/mol. The van der Waals surface area contributed by atoms with Crippen LogP contribution in [-0.4, -0.2) is 9.13 Å². The van der Waals surface area contributed by atoms with Crippen LogP contribution < -0.4 is 5.56 Å². The van der Waals surface area contributed by atoms with E-state index in [0.717, 1.165) is 60.6 Å². The summed E-state index contributed by atoms with van der Waals surface area (Å²) in [5.74, 6) is 0. The third-order valence-electron chi connectivity index (χ3n) is 7.32. The topological polar surface area (TPSA) is 40.1 Å². The molecule has 8 aromatic rings. The maximum absolute atomic E-state index is 14.6. The molecule has 0 aliphatic heterocycles. The molecule has 0 fully saturated rings. The standard InChI is InChI=1S/C33H20N2O2/c36-33-30-23-15-7-9-17-26(23)34(21-11-3-1-4-12-21)32(30)25-19-20-28-29(24-16-8-10-18-27(24)37-28)31(25)35(33)22-13-5-2-6-14-22/h1-20H. The lowest BCUT2D eigenvalue weighted by Gasteiger charge is -2.15. The second kappa shape index (κ2) is 7.45. The molecule has 0 aliphatic rings. The Bertz CT molecular complexity index is 2200. The van der Waals surface area contributed by atoms with Crippen LogP contribution >= 0.6 is 0 Å². The number of hydrogen-bond donors (Lipinski definition) is 0. The van der Waals surface area contributed by atoms with E-state index in [2.05, 4.69) is 34.9 Å². The van der Waals surface area contributed by atoms with Crippen LogP contribution in [0.4, 0.5) is 0 Å². The van der Waals surface area contributed by atoms with Crippen LogP contribution in [0.25, 0.3) is 66.0 Å². The fraction of sp³-hybridized carbons (Fsp3) is 0. The van der Waals surface area contributed by atoms with Gasteiger partial charge in [0, 0.05) is 27.5 Å². The molecule has 8 rings (SSSR count). The molecule has 0 amide bonds. The van der Waals surface area contributed by atoms with E-state index in [9.17, 15) is 4.79 Å². The highest BCUT2D eigenvalue weighted by Gasteiger charge is 2.24. The molecule has 0 atom stereocenters. The van der Waals surface area contributed by atoms with Crippen LogP contribution in [0.1, 0.15) is 0 Å². The predicted molar refractivity (Wildman–Crippen MR) is 151 cm³/mol. The maximum atomic E-state index is 14.6. The minimum absolute atomic E-state index is 0.0441. The van der Waals surface area contributed by atoms with E-state index >= 15 is 0 Å². The van der Waals surface area contributed by atoms with Crippen LogP contribution in [0, 0.1) is 0 Å². The van der Waals surface area contributed by atoms with Gasteiger partial charge in [0.15, 0.2) is 0 Å². The molecule has 37 heavy (non-hydrogen) atoms. The van der Waals surface area contributed by atoms with Crippen molar-refractivity contribution in [3.63, 3.8) is 0 Å². The molecule has 0 saturated heterocycles. The summed E-state index contributed by atoms with van der Waals surface area (Å²) in [5, 5.41) is 4.59. The summed E-state index contributed by atoms with van der Waals surface area (Å²) in [6.45, 7) is 0. The zero-order valence-electron chi connectivity index (χ0n) is 19.8. The fourth-order valence-electron chi connectivity index (χ4n) is 5.82. The van der Waals surface area contributed by atoms with E-state index in [1.807, 2.05) is 95.6 Å². The Labute approximate surface area is 211 Å². The number of hydrogen-bond acceptors (Lipinski definition) is 2. The molecular formula is C33H20N2O2. The van der Waals surface area contributed by atoms with E-state index in [4.69, 9.17) is 4.42 Å². The first-order chi connectivity index (χ1) is 18.3. The average Bonchev–Trinajstić information content (AvgIpc) is 3.51. The first-order valence-corrected chi connectivity index (χ1v) is 12.3. The number of para-hydroxylation sites is 4. The Hall–Kier alpha value is -5.09. The summed E-state index contributed by atoms with van der Waals surface area (Å²) >= 11 is 0. The second-order valence-electron chi connectivity index (χ2n) is 9.32. The van der Waals surface area contributed by atoms with Gasteiger partial charge in [0.1, 0.15) is 11.2 Å². The zero-order valence-corrected chi connectivity index (χ0v) is 19.8. The van der Waals surface area contributed by atoms with Crippen molar-refractivity contribution >= 4 is 54.6 Å². The Morgan fingerprint density at radius 2 is 1.05 bits per heavy atom. The van der Waals surface area contributed by atoms with Crippen molar-refractivity contribution in [2.45, 2.75) is 0 Å². The average molecular weight is 477 g/mol. The van der Waals surface area contributed by atoms with Gasteiger partial charge >= 0.3 is 0 Å². The Kier molecular flexibility index (Phi) is 4.06. The lowest BCUT2D eigenvalue weighted by molar-refractivity contribution is 0.669. The van der Waals surface area contributed by atoms with Crippen molar-refractivity contribution < 1.29 is 4.42 Å². The highest BCUT2D eigenvalue weighted by molar-refractivity contribution is 6.25. The quantitative estimate of drug-likeness (QED) is 0.254. The van der Waals surface area contributed by atoms with Crippen molar-refractivity contribution in [2.24, 2.45) is 0 Å². The van der Waals surface area contributed by atoms with Crippen LogP contribution in [0.3, 0.4) is 0 Å². The van der Waals surface area contributed by atoms with Gasteiger partial charge in [0.25, 0.3) is 5.56 Å². The van der Waals surface area contributed by atoms with Crippen molar-refractivity contribution in [2.75, 3.05) is 0 Å². The molecule has 0 unspecified atom stereocenters. The van der Waals surface area contributed by atoms with Crippen molar-refractivity contribution in [3.05, 3.63) is 132 Å². The van der Waals surface area contributed by atoms with E-state index in [-0.39, 0.29) is 5.56 Å². The SMILES string of the molecule is O=c1c2c3ccccc3n(-c3ccccc3)c2c2ccc3oc4ccccc4c3c2n1-c1ccccc1. The van der Waals surface area contributed by atoms with Crippen LogP contribution in [0.15, 0.2) is 131 Å². The zero-order chi connectivity index (χ0) is 24.5. The highest BCUT2D eigenvalue weighted by Crippen LogP contribution is 2.40. The summed E-state index contributed by atoms with van der Waals surface area (Å²) < 4.78 is 10.3. The van der Waals surface area contributed by atoms with Crippen LogP contribution in [-0.2, 0) is 0 Å². The van der Waals surface area contributed by atoms with Gasteiger partial charge in [-0.2, -0.15) is 0 Å². The van der Waals surface area contributed by atoms with Gasteiger partial charge in [-0.15, -0.1) is 0 Å². The molecule has 3 heterocycles. The largest absolute Gasteiger partial charge is 0.456 e. The molecule has 0 radical (unpaired) electrons. The molecule has 174 valence electrons.